The fourth-order valence-electron chi connectivity index (χ4n) is 4.88. The van der Waals surface area contributed by atoms with E-state index in [4.69, 9.17) is 0 Å². The van der Waals surface area contributed by atoms with Gasteiger partial charge in [-0.2, -0.15) is 0 Å². The molecule has 0 amide bonds. The summed E-state index contributed by atoms with van der Waals surface area (Å²) in [6, 6.07) is 57.8. The molecular formula is C38H29N. The topological polar surface area (TPSA) is 3.24 Å². The van der Waals surface area contributed by atoms with Crippen molar-refractivity contribution in [2.45, 2.75) is 0 Å². The highest BCUT2D eigenvalue weighted by atomic mass is 15.1. The highest BCUT2D eigenvalue weighted by Crippen LogP contribution is 2.41. The van der Waals surface area contributed by atoms with Gasteiger partial charge in [0.2, 0.25) is 0 Å². The fraction of sp³-hybridized carbons (Fsp3) is 0. The molecule has 186 valence electrons. The molecule has 0 atom stereocenters. The third-order valence-electron chi connectivity index (χ3n) is 6.88. The van der Waals surface area contributed by atoms with Crippen molar-refractivity contribution in [2.75, 3.05) is 4.90 Å². The Morgan fingerprint density at radius 3 is 1.38 bits per heavy atom. The molecule has 6 aromatic carbocycles. The summed E-state index contributed by atoms with van der Waals surface area (Å²) in [7, 11) is 0. The van der Waals surface area contributed by atoms with Gasteiger partial charge >= 0.3 is 0 Å². The van der Waals surface area contributed by atoms with Crippen molar-refractivity contribution in [3.8, 4) is 22.3 Å². The summed E-state index contributed by atoms with van der Waals surface area (Å²) >= 11 is 0. The molecule has 0 aliphatic heterocycles. The van der Waals surface area contributed by atoms with E-state index in [0.717, 1.165) is 17.1 Å². The summed E-state index contributed by atoms with van der Waals surface area (Å²) in [6.07, 6.45) is 4.32. The number of hydrogen-bond donors (Lipinski definition) is 0. The quantitative estimate of drug-likeness (QED) is 0.197. The zero-order chi connectivity index (χ0) is 26.3. The van der Waals surface area contributed by atoms with E-state index >= 15 is 0 Å². The Morgan fingerprint density at radius 2 is 0.769 bits per heavy atom. The van der Waals surface area contributed by atoms with E-state index in [1.54, 1.807) is 0 Å². The second kappa shape index (κ2) is 11.5. The molecule has 0 N–H and O–H groups in total. The van der Waals surface area contributed by atoms with Gasteiger partial charge in [0.1, 0.15) is 0 Å². The molecule has 1 nitrogen and oxygen atoms in total. The first-order valence-corrected chi connectivity index (χ1v) is 13.3. The fourth-order valence-corrected chi connectivity index (χ4v) is 4.88. The van der Waals surface area contributed by atoms with Crippen LogP contribution in [0.1, 0.15) is 11.1 Å². The van der Waals surface area contributed by atoms with Crippen LogP contribution in [0.25, 0.3) is 34.4 Å². The van der Waals surface area contributed by atoms with E-state index in [1.807, 2.05) is 6.07 Å². The molecule has 0 aliphatic rings. The average Bonchev–Trinajstić information content (AvgIpc) is 3.03. The van der Waals surface area contributed by atoms with Crippen molar-refractivity contribution in [1.29, 1.82) is 0 Å². The monoisotopic (exact) mass is 499 g/mol. The van der Waals surface area contributed by atoms with Gasteiger partial charge < -0.3 is 4.90 Å². The number of para-hydroxylation sites is 1. The van der Waals surface area contributed by atoms with Crippen LogP contribution >= 0.6 is 0 Å². The average molecular weight is 500 g/mol. The molecule has 1 heteroatoms. The second-order valence-electron chi connectivity index (χ2n) is 9.47. The lowest BCUT2D eigenvalue weighted by molar-refractivity contribution is 1.28. The van der Waals surface area contributed by atoms with E-state index in [9.17, 15) is 0 Å². The Hall–Kier alpha value is -5.14. The molecule has 0 radical (unpaired) electrons. The second-order valence-corrected chi connectivity index (χ2v) is 9.47. The molecule has 6 rings (SSSR count). The maximum absolute atomic E-state index is 2.35. The molecule has 0 saturated heterocycles. The molecule has 0 fully saturated rings. The molecule has 6 aromatic rings. The van der Waals surface area contributed by atoms with Crippen LogP contribution in [0.5, 0.6) is 0 Å². The number of hydrogen-bond acceptors (Lipinski definition) is 1. The van der Waals surface area contributed by atoms with Crippen molar-refractivity contribution in [3.63, 3.8) is 0 Å². The number of rotatable bonds is 7. The first-order chi connectivity index (χ1) is 19.3. The molecular weight excluding hydrogens is 470 g/mol. The van der Waals surface area contributed by atoms with Crippen LogP contribution in [0, 0.1) is 0 Å². The number of benzene rings is 6. The minimum absolute atomic E-state index is 1.11. The van der Waals surface area contributed by atoms with Crippen molar-refractivity contribution in [1.82, 2.24) is 0 Å². The molecule has 0 spiro atoms. The maximum atomic E-state index is 2.35. The van der Waals surface area contributed by atoms with Crippen LogP contribution in [-0.2, 0) is 0 Å². The Labute approximate surface area is 231 Å². The third-order valence-corrected chi connectivity index (χ3v) is 6.88. The van der Waals surface area contributed by atoms with Gasteiger partial charge in [-0.3, -0.25) is 0 Å². The van der Waals surface area contributed by atoms with Gasteiger partial charge in [-0.05, 0) is 58.1 Å². The maximum Gasteiger partial charge on any atom is 0.0540 e. The summed E-state index contributed by atoms with van der Waals surface area (Å²) in [4.78, 5) is 2.35. The predicted octanol–water partition coefficient (Wildman–Crippen LogP) is 10.7. The normalized spacial score (nSPS) is 11.0. The van der Waals surface area contributed by atoms with Crippen molar-refractivity contribution in [3.05, 3.63) is 175 Å². The summed E-state index contributed by atoms with van der Waals surface area (Å²) in [5, 5.41) is 0. The predicted molar refractivity (Wildman–Crippen MR) is 167 cm³/mol. The van der Waals surface area contributed by atoms with E-state index in [1.165, 1.54) is 33.4 Å². The highest BCUT2D eigenvalue weighted by Gasteiger charge is 2.17. The molecule has 0 aromatic heterocycles. The highest BCUT2D eigenvalue weighted by molar-refractivity contribution is 5.88. The van der Waals surface area contributed by atoms with Crippen molar-refractivity contribution < 1.29 is 0 Å². The van der Waals surface area contributed by atoms with Crippen LogP contribution in [-0.4, -0.2) is 0 Å². The molecule has 39 heavy (non-hydrogen) atoms. The van der Waals surface area contributed by atoms with E-state index in [0.29, 0.717) is 0 Å². The number of anilines is 3. The van der Waals surface area contributed by atoms with Gasteiger partial charge in [0, 0.05) is 16.9 Å². The van der Waals surface area contributed by atoms with Crippen LogP contribution in [0.15, 0.2) is 164 Å². The zero-order valence-corrected chi connectivity index (χ0v) is 21.7. The molecule has 0 bridgehead atoms. The van der Waals surface area contributed by atoms with E-state index in [-0.39, 0.29) is 0 Å². The van der Waals surface area contributed by atoms with Gasteiger partial charge in [-0.25, -0.2) is 0 Å². The molecule has 0 unspecified atom stereocenters. The summed E-state index contributed by atoms with van der Waals surface area (Å²) in [6.45, 7) is 0. The molecule has 0 heterocycles. The largest absolute Gasteiger partial charge is 0.310 e. The Bertz CT molecular complexity index is 1650. The van der Waals surface area contributed by atoms with E-state index in [2.05, 4.69) is 175 Å². The van der Waals surface area contributed by atoms with Crippen LogP contribution in [0.4, 0.5) is 17.1 Å². The van der Waals surface area contributed by atoms with Crippen molar-refractivity contribution >= 4 is 29.2 Å². The van der Waals surface area contributed by atoms with Crippen molar-refractivity contribution in [2.24, 2.45) is 0 Å². The van der Waals surface area contributed by atoms with Gasteiger partial charge in [-0.1, -0.05) is 146 Å². The SMILES string of the molecule is C(=Cc1ccc(N(c2ccc(-c3ccccc3)cc2)c2ccccc2-c2ccccc2)cc1)c1ccccc1. The van der Waals surface area contributed by atoms with Gasteiger partial charge in [-0.15, -0.1) is 0 Å². The lowest BCUT2D eigenvalue weighted by Crippen LogP contribution is -2.11. The summed E-state index contributed by atoms with van der Waals surface area (Å²) < 4.78 is 0. The first kappa shape index (κ1) is 24.2. The smallest absolute Gasteiger partial charge is 0.0540 e. The first-order valence-electron chi connectivity index (χ1n) is 13.3. The third kappa shape index (κ3) is 5.58. The van der Waals surface area contributed by atoms with Crippen LogP contribution in [0.3, 0.4) is 0 Å². The van der Waals surface area contributed by atoms with E-state index < -0.39 is 0 Å². The van der Waals surface area contributed by atoms with Crippen LogP contribution < -0.4 is 4.90 Å². The standard InChI is InChI=1S/C38H29N/c1-4-12-30(13-5-1)20-21-31-22-26-35(27-23-31)39(36-28-24-33(25-29-36)32-14-6-2-7-15-32)38-19-11-10-18-37(38)34-16-8-3-9-17-34/h1-29H. The molecule has 0 saturated carbocycles. The Kier molecular flexibility index (Phi) is 7.14. The lowest BCUT2D eigenvalue weighted by Gasteiger charge is -2.28. The minimum atomic E-state index is 1.11. The van der Waals surface area contributed by atoms with Crippen LogP contribution in [0.2, 0.25) is 0 Å². The molecule has 0 aliphatic carbocycles. The minimum Gasteiger partial charge on any atom is -0.310 e. The van der Waals surface area contributed by atoms with Gasteiger partial charge in [0.05, 0.1) is 5.69 Å². The summed E-state index contributed by atoms with van der Waals surface area (Å²) in [5.74, 6) is 0. The number of nitrogens with zero attached hydrogens (tertiary/aromatic N) is 1. The Balaban J connectivity index is 1.41. The van der Waals surface area contributed by atoms with Gasteiger partial charge in [0.25, 0.3) is 0 Å². The summed E-state index contributed by atoms with van der Waals surface area (Å²) in [5.41, 5.74) is 10.5. The lowest BCUT2D eigenvalue weighted by atomic mass is 10.0. The zero-order valence-electron chi connectivity index (χ0n) is 21.7. The van der Waals surface area contributed by atoms with Gasteiger partial charge in [0.15, 0.2) is 0 Å². The Morgan fingerprint density at radius 1 is 0.333 bits per heavy atom.